The first kappa shape index (κ1) is 33.9. The van der Waals surface area contributed by atoms with E-state index in [1.165, 1.54) is 24.3 Å². The lowest BCUT2D eigenvalue weighted by molar-refractivity contribution is 0.207. The summed E-state index contributed by atoms with van der Waals surface area (Å²) in [6.45, 7) is 3.53. The van der Waals surface area contributed by atoms with Gasteiger partial charge in [0.2, 0.25) is 0 Å². The van der Waals surface area contributed by atoms with Crippen molar-refractivity contribution in [3.63, 3.8) is 0 Å². The van der Waals surface area contributed by atoms with Gasteiger partial charge in [0.05, 0.1) is 5.57 Å². The molecule has 4 aromatic rings. The molecule has 0 bridgehead atoms. The molecule has 1 heterocycles. The van der Waals surface area contributed by atoms with Crippen molar-refractivity contribution in [3.05, 3.63) is 131 Å². The SMILES string of the molecule is Cc1ccc(S(=O)(=O)Oc2ccc(OS(=O)(=O)c3ccc(C)cc3)c(S(=O)(=O)ONC3C=CC(=C(C#N)c4ccccc4)S3)c2)cc1. The van der Waals surface area contributed by atoms with Crippen LogP contribution in [0.2, 0.25) is 0 Å². The van der Waals surface area contributed by atoms with Crippen LogP contribution in [-0.2, 0) is 34.6 Å². The Morgan fingerprint density at radius 3 is 1.89 bits per heavy atom. The molecule has 0 aromatic heterocycles. The number of nitrogens with zero attached hydrogens (tertiary/aromatic N) is 1. The molecule has 1 N–H and O–H groups in total. The second-order valence-electron chi connectivity index (χ2n) is 10.1. The lowest BCUT2D eigenvalue weighted by Crippen LogP contribution is -2.27. The van der Waals surface area contributed by atoms with E-state index in [0.29, 0.717) is 16.0 Å². The van der Waals surface area contributed by atoms with E-state index in [1.54, 1.807) is 74.5 Å². The zero-order valence-electron chi connectivity index (χ0n) is 24.7. The molecule has 1 aliphatic heterocycles. The number of rotatable bonds is 11. The highest BCUT2D eigenvalue weighted by molar-refractivity contribution is 8.04. The summed E-state index contributed by atoms with van der Waals surface area (Å²) in [5, 5.41) is 8.95. The van der Waals surface area contributed by atoms with Gasteiger partial charge in [-0.3, -0.25) is 0 Å². The fourth-order valence-electron chi connectivity index (χ4n) is 4.17. The van der Waals surface area contributed by atoms with Gasteiger partial charge >= 0.3 is 30.4 Å². The van der Waals surface area contributed by atoms with Crippen molar-refractivity contribution in [2.24, 2.45) is 0 Å². The van der Waals surface area contributed by atoms with Gasteiger partial charge in [0.15, 0.2) is 5.75 Å². The molecule has 15 heteroatoms. The van der Waals surface area contributed by atoms with Crippen molar-refractivity contribution >= 4 is 47.7 Å². The average Bonchev–Trinajstić information content (AvgIpc) is 3.50. The number of nitriles is 1. The van der Waals surface area contributed by atoms with Crippen LogP contribution < -0.4 is 13.8 Å². The third-order valence-electron chi connectivity index (χ3n) is 6.58. The summed E-state index contributed by atoms with van der Waals surface area (Å²) in [5.74, 6) is -1.12. The summed E-state index contributed by atoms with van der Waals surface area (Å²) in [6, 6.07) is 25.3. The monoisotopic (exact) mass is 710 g/mol. The number of benzene rings is 4. The Labute approximate surface area is 277 Å². The average molecular weight is 711 g/mol. The fraction of sp³-hybridized carbons (Fsp3) is 0.0938. The summed E-state index contributed by atoms with van der Waals surface area (Å²) >= 11 is 1.11. The van der Waals surface area contributed by atoms with E-state index in [9.17, 15) is 30.5 Å². The molecule has 5 rings (SSSR count). The number of thioether (sulfide) groups is 1. The Morgan fingerprint density at radius 2 is 1.32 bits per heavy atom. The van der Waals surface area contributed by atoms with Crippen LogP contribution in [0.4, 0.5) is 0 Å². The van der Waals surface area contributed by atoms with Crippen LogP contribution in [0.5, 0.6) is 11.5 Å². The quantitative estimate of drug-likeness (QED) is 0.116. The standard InChI is InChI=1S/C32H26N2O9S4/c1-22-8-13-26(14-9-22)45(35,36)41-25-12-17-29(42-46(37,38)27-15-10-23(2)11-16-27)31(20-25)47(39,40)43-34-32-19-18-30(44-32)28(21-33)24-6-4-3-5-7-24/h3-20,32,34H,1-2H3. The second kappa shape index (κ2) is 13.7. The zero-order chi connectivity index (χ0) is 33.8. The molecule has 0 amide bonds. The molecule has 1 aliphatic rings. The number of hydrogen-bond acceptors (Lipinski definition) is 12. The summed E-state index contributed by atoms with van der Waals surface area (Å²) in [5.41, 5.74) is 5.02. The Morgan fingerprint density at radius 1 is 0.745 bits per heavy atom. The Kier molecular flexibility index (Phi) is 9.92. The molecular weight excluding hydrogens is 685 g/mol. The van der Waals surface area contributed by atoms with Crippen LogP contribution in [0.15, 0.2) is 129 Å². The maximum Gasteiger partial charge on any atom is 0.339 e. The van der Waals surface area contributed by atoms with Gasteiger partial charge in [-0.25, -0.2) is 0 Å². The van der Waals surface area contributed by atoms with Crippen LogP contribution in [0.1, 0.15) is 16.7 Å². The molecule has 242 valence electrons. The molecule has 1 unspecified atom stereocenters. The molecular formula is C32H26N2O9S4. The maximum atomic E-state index is 13.5. The molecule has 0 saturated carbocycles. The topological polar surface area (TPSA) is 166 Å². The van der Waals surface area contributed by atoms with Crippen LogP contribution in [0.25, 0.3) is 5.57 Å². The van der Waals surface area contributed by atoms with E-state index in [-0.39, 0.29) is 9.79 Å². The minimum absolute atomic E-state index is 0.186. The first-order chi connectivity index (χ1) is 22.3. The molecule has 0 radical (unpaired) electrons. The van der Waals surface area contributed by atoms with Gasteiger partial charge in [-0.05, 0) is 61.9 Å². The van der Waals surface area contributed by atoms with Crippen molar-refractivity contribution < 1.29 is 37.9 Å². The van der Waals surface area contributed by atoms with Crippen molar-refractivity contribution in [2.45, 2.75) is 33.9 Å². The van der Waals surface area contributed by atoms with Crippen molar-refractivity contribution in [2.75, 3.05) is 0 Å². The third-order valence-corrected chi connectivity index (χ3v) is 11.4. The number of allylic oxidation sites excluding steroid dienone is 2. The highest BCUT2D eigenvalue weighted by Gasteiger charge is 2.30. The molecule has 0 fully saturated rings. The van der Waals surface area contributed by atoms with Gasteiger partial charge in [0.25, 0.3) is 0 Å². The van der Waals surface area contributed by atoms with Crippen molar-refractivity contribution in [3.8, 4) is 17.6 Å². The van der Waals surface area contributed by atoms with E-state index in [4.69, 9.17) is 12.6 Å². The summed E-state index contributed by atoms with van der Waals surface area (Å²) < 4.78 is 94.6. The van der Waals surface area contributed by atoms with E-state index >= 15 is 0 Å². The molecule has 0 saturated heterocycles. The van der Waals surface area contributed by atoms with Gasteiger partial charge < -0.3 is 8.37 Å². The molecule has 1 atom stereocenters. The van der Waals surface area contributed by atoms with Crippen molar-refractivity contribution in [1.29, 1.82) is 5.26 Å². The smallest absolute Gasteiger partial charge is 0.339 e. The van der Waals surface area contributed by atoms with Crippen LogP contribution >= 0.6 is 11.8 Å². The Hall–Kier alpha value is -4.43. The second-order valence-corrected chi connectivity index (χ2v) is 15.9. The summed E-state index contributed by atoms with van der Waals surface area (Å²) in [6.07, 6.45) is 3.21. The predicted octanol–water partition coefficient (Wildman–Crippen LogP) is 5.61. The van der Waals surface area contributed by atoms with Crippen LogP contribution in [-0.4, -0.2) is 30.6 Å². The van der Waals surface area contributed by atoms with E-state index in [0.717, 1.165) is 41.1 Å². The third kappa shape index (κ3) is 8.11. The summed E-state index contributed by atoms with van der Waals surface area (Å²) in [7, 11) is -13.8. The number of nitrogens with one attached hydrogen (secondary N) is 1. The highest BCUT2D eigenvalue weighted by Crippen LogP contribution is 2.37. The van der Waals surface area contributed by atoms with Gasteiger partial charge in [-0.1, -0.05) is 83.6 Å². The minimum atomic E-state index is -4.89. The molecule has 0 aliphatic carbocycles. The van der Waals surface area contributed by atoms with Gasteiger partial charge in [-0.15, -0.1) is 0 Å². The van der Waals surface area contributed by atoms with Gasteiger partial charge in [-0.2, -0.15) is 40.3 Å². The highest BCUT2D eigenvalue weighted by atomic mass is 32.2. The minimum Gasteiger partial charge on any atom is -0.379 e. The Balaban J connectivity index is 1.44. The first-order valence-electron chi connectivity index (χ1n) is 13.7. The maximum absolute atomic E-state index is 13.5. The number of hydrogen-bond donors (Lipinski definition) is 1. The zero-order valence-corrected chi connectivity index (χ0v) is 28.0. The van der Waals surface area contributed by atoms with Gasteiger partial charge in [0.1, 0.15) is 31.9 Å². The lowest BCUT2D eigenvalue weighted by atomic mass is 10.1. The molecule has 11 nitrogen and oxygen atoms in total. The van der Waals surface area contributed by atoms with E-state index in [1.807, 2.05) is 6.07 Å². The van der Waals surface area contributed by atoms with Gasteiger partial charge in [0, 0.05) is 11.0 Å². The molecule has 47 heavy (non-hydrogen) atoms. The Bertz CT molecular complexity index is 2230. The predicted molar refractivity (Wildman–Crippen MR) is 175 cm³/mol. The van der Waals surface area contributed by atoms with E-state index in [2.05, 4.69) is 11.5 Å². The normalized spacial score (nSPS) is 16.0. The summed E-state index contributed by atoms with van der Waals surface area (Å²) in [4.78, 5) is -0.704. The number of hydroxylamine groups is 1. The fourth-order valence-corrected chi connectivity index (χ4v) is 8.06. The first-order valence-corrected chi connectivity index (χ1v) is 18.8. The lowest BCUT2D eigenvalue weighted by Gasteiger charge is -2.15. The largest absolute Gasteiger partial charge is 0.379 e. The molecule has 0 spiro atoms. The van der Waals surface area contributed by atoms with Crippen LogP contribution in [0.3, 0.4) is 0 Å². The van der Waals surface area contributed by atoms with E-state index < -0.39 is 52.1 Å². The van der Waals surface area contributed by atoms with Crippen LogP contribution in [0, 0.1) is 25.2 Å². The van der Waals surface area contributed by atoms with Crippen molar-refractivity contribution in [1.82, 2.24) is 5.48 Å². The molecule has 4 aromatic carbocycles. The number of aryl methyl sites for hydroxylation is 2.